The van der Waals surface area contributed by atoms with Gasteiger partial charge in [0.2, 0.25) is 17.7 Å². The number of nitrogens with zero attached hydrogens (tertiary/aromatic N) is 1. The summed E-state index contributed by atoms with van der Waals surface area (Å²) in [6.07, 6.45) is 0.692. The molecule has 0 aromatic heterocycles. The molecule has 5 rings (SSSR count). The Labute approximate surface area is 185 Å². The average molecular weight is 438 g/mol. The van der Waals surface area contributed by atoms with E-state index in [1.807, 2.05) is 42.5 Å². The number of benzene rings is 2. The lowest BCUT2D eigenvalue weighted by Gasteiger charge is -2.30. The van der Waals surface area contributed by atoms with Crippen molar-refractivity contribution in [2.45, 2.75) is 38.4 Å². The van der Waals surface area contributed by atoms with Crippen LogP contribution in [0.15, 0.2) is 48.5 Å². The highest BCUT2D eigenvalue weighted by molar-refractivity contribution is 6.31. The van der Waals surface area contributed by atoms with Crippen LogP contribution in [0.25, 0.3) is 0 Å². The van der Waals surface area contributed by atoms with Gasteiger partial charge in [-0.25, -0.2) is 0 Å². The van der Waals surface area contributed by atoms with Crippen LogP contribution in [0.5, 0.6) is 0 Å². The third kappa shape index (κ3) is 2.85. The van der Waals surface area contributed by atoms with E-state index in [0.29, 0.717) is 28.6 Å². The Morgan fingerprint density at radius 2 is 1.74 bits per heavy atom. The molecule has 0 saturated carbocycles. The minimum absolute atomic E-state index is 0.109. The number of anilines is 1. The lowest BCUT2D eigenvalue weighted by molar-refractivity contribution is -0.143. The maximum atomic E-state index is 13.7. The summed E-state index contributed by atoms with van der Waals surface area (Å²) in [6, 6.07) is 14.3. The fourth-order valence-electron chi connectivity index (χ4n) is 5.48. The Morgan fingerprint density at radius 1 is 1.03 bits per heavy atom. The zero-order chi connectivity index (χ0) is 21.9. The molecule has 2 saturated heterocycles. The number of imide groups is 1. The van der Waals surface area contributed by atoms with Crippen LogP contribution in [0, 0.1) is 17.8 Å². The van der Waals surface area contributed by atoms with Crippen LogP contribution >= 0.6 is 11.6 Å². The van der Waals surface area contributed by atoms with Crippen molar-refractivity contribution >= 4 is 35.0 Å². The van der Waals surface area contributed by atoms with E-state index in [0.717, 1.165) is 5.56 Å². The molecule has 31 heavy (non-hydrogen) atoms. The summed E-state index contributed by atoms with van der Waals surface area (Å²) in [7, 11) is 0. The molecule has 3 aliphatic rings. The van der Waals surface area contributed by atoms with E-state index in [4.69, 9.17) is 11.6 Å². The average Bonchev–Trinajstić information content (AvgIpc) is 3.30. The lowest BCUT2D eigenvalue weighted by atomic mass is 9.76. The number of halogens is 1. The van der Waals surface area contributed by atoms with Crippen molar-refractivity contribution in [3.8, 4) is 0 Å². The number of carbonyl (C=O) groups excluding carboxylic acids is 3. The summed E-state index contributed by atoms with van der Waals surface area (Å²) < 4.78 is 0. The minimum Gasteiger partial charge on any atom is -0.324 e. The van der Waals surface area contributed by atoms with Crippen molar-refractivity contribution in [1.82, 2.24) is 10.2 Å². The van der Waals surface area contributed by atoms with E-state index >= 15 is 0 Å². The summed E-state index contributed by atoms with van der Waals surface area (Å²) >= 11 is 6.30. The van der Waals surface area contributed by atoms with Gasteiger partial charge in [-0.2, -0.15) is 0 Å². The number of amides is 3. The number of para-hydroxylation sites is 1. The van der Waals surface area contributed by atoms with Crippen molar-refractivity contribution in [3.63, 3.8) is 0 Å². The van der Waals surface area contributed by atoms with Gasteiger partial charge < -0.3 is 5.32 Å². The van der Waals surface area contributed by atoms with E-state index in [1.165, 1.54) is 4.90 Å². The molecule has 0 radical (unpaired) electrons. The second-order valence-electron chi connectivity index (χ2n) is 9.05. The molecule has 0 unspecified atom stereocenters. The maximum Gasteiger partial charge on any atom is 0.250 e. The van der Waals surface area contributed by atoms with Gasteiger partial charge in [-0.05, 0) is 30.0 Å². The second kappa shape index (κ2) is 7.18. The van der Waals surface area contributed by atoms with Gasteiger partial charge in [0.15, 0.2) is 0 Å². The first-order valence-electron chi connectivity index (χ1n) is 10.6. The molecule has 3 heterocycles. The fourth-order valence-corrected chi connectivity index (χ4v) is 5.68. The molecule has 4 atom stereocenters. The van der Waals surface area contributed by atoms with Gasteiger partial charge in [-0.15, -0.1) is 0 Å². The molecule has 2 fully saturated rings. The van der Waals surface area contributed by atoms with Crippen molar-refractivity contribution in [3.05, 3.63) is 64.7 Å². The number of likely N-dealkylation sites (tertiary alicyclic amines) is 1. The molecule has 0 bridgehead atoms. The topological polar surface area (TPSA) is 78.5 Å². The summed E-state index contributed by atoms with van der Waals surface area (Å²) in [5, 5.41) is 6.89. The van der Waals surface area contributed by atoms with E-state index in [1.54, 1.807) is 6.07 Å². The fraction of sp³-hybridized carbons (Fsp3) is 0.375. The zero-order valence-electron chi connectivity index (χ0n) is 17.4. The molecule has 3 amide bonds. The van der Waals surface area contributed by atoms with E-state index in [-0.39, 0.29) is 30.3 Å². The van der Waals surface area contributed by atoms with Crippen LogP contribution in [-0.4, -0.2) is 28.7 Å². The smallest absolute Gasteiger partial charge is 0.250 e. The van der Waals surface area contributed by atoms with E-state index < -0.39 is 17.4 Å². The molecule has 1 spiro atoms. The molecule has 3 aliphatic heterocycles. The molecule has 0 aliphatic carbocycles. The highest BCUT2D eigenvalue weighted by Crippen LogP contribution is 2.53. The van der Waals surface area contributed by atoms with Gasteiger partial charge in [0.1, 0.15) is 5.54 Å². The van der Waals surface area contributed by atoms with Crippen LogP contribution < -0.4 is 10.6 Å². The molecule has 6 nitrogen and oxygen atoms in total. The Hall–Kier alpha value is -2.70. The standard InChI is InChI=1S/C24H24ClN3O3/c1-13(2)11-18-19-20(24(27-18)15-8-4-6-10-17(15)26-23(24)31)22(30)28(21(19)29)12-14-7-3-5-9-16(14)25/h3-10,13,18-20,27H,11-12H2,1-2H3,(H,26,31)/t18-,19-,20+,24-/m1/s1. The van der Waals surface area contributed by atoms with Gasteiger partial charge in [-0.1, -0.05) is 61.8 Å². The third-order valence-electron chi connectivity index (χ3n) is 6.73. The number of fused-ring (bicyclic) bond motifs is 4. The zero-order valence-corrected chi connectivity index (χ0v) is 18.1. The monoisotopic (exact) mass is 437 g/mol. The SMILES string of the molecule is CC(C)C[C@H]1N[C@@]2(C(=O)Nc3ccccc32)[C@@H]2C(=O)N(Cc3ccccc3Cl)C(=O)[C@@H]21. The van der Waals surface area contributed by atoms with Crippen molar-refractivity contribution < 1.29 is 14.4 Å². The van der Waals surface area contributed by atoms with Gasteiger partial charge >= 0.3 is 0 Å². The predicted octanol–water partition coefficient (Wildman–Crippen LogP) is 3.31. The predicted molar refractivity (Wildman–Crippen MR) is 117 cm³/mol. The van der Waals surface area contributed by atoms with Crippen molar-refractivity contribution in [2.24, 2.45) is 17.8 Å². The normalized spacial score (nSPS) is 29.1. The second-order valence-corrected chi connectivity index (χ2v) is 9.45. The maximum absolute atomic E-state index is 13.7. The van der Waals surface area contributed by atoms with Gasteiger partial charge in [0.25, 0.3) is 0 Å². The van der Waals surface area contributed by atoms with Crippen LogP contribution in [-0.2, 0) is 26.5 Å². The highest BCUT2D eigenvalue weighted by Gasteiger charge is 2.70. The molecule has 2 aromatic rings. The molecular formula is C24H24ClN3O3. The van der Waals surface area contributed by atoms with Crippen LogP contribution in [0.1, 0.15) is 31.4 Å². The third-order valence-corrected chi connectivity index (χ3v) is 7.09. The number of nitrogens with one attached hydrogen (secondary N) is 2. The Bertz CT molecular complexity index is 1100. The molecule has 2 N–H and O–H groups in total. The number of rotatable bonds is 4. The number of carbonyl (C=O) groups is 3. The molecule has 2 aromatic carbocycles. The van der Waals surface area contributed by atoms with Gasteiger partial charge in [-0.3, -0.25) is 24.6 Å². The Morgan fingerprint density at radius 3 is 2.48 bits per heavy atom. The largest absolute Gasteiger partial charge is 0.324 e. The summed E-state index contributed by atoms with van der Waals surface area (Å²) in [5.41, 5.74) is 0.906. The number of hydrogen-bond acceptors (Lipinski definition) is 4. The summed E-state index contributed by atoms with van der Waals surface area (Å²) in [4.78, 5) is 41.9. The first-order valence-corrected chi connectivity index (χ1v) is 11.0. The van der Waals surface area contributed by atoms with Crippen LogP contribution in [0.4, 0.5) is 5.69 Å². The Kier molecular flexibility index (Phi) is 4.68. The molecule has 160 valence electrons. The summed E-state index contributed by atoms with van der Waals surface area (Å²) in [6.45, 7) is 4.26. The Balaban J connectivity index is 1.60. The van der Waals surface area contributed by atoms with E-state index in [2.05, 4.69) is 24.5 Å². The first kappa shape index (κ1) is 20.2. The lowest BCUT2D eigenvalue weighted by Crippen LogP contribution is -2.53. The number of hydrogen-bond donors (Lipinski definition) is 2. The van der Waals surface area contributed by atoms with Crippen LogP contribution in [0.3, 0.4) is 0 Å². The van der Waals surface area contributed by atoms with Gasteiger partial charge in [0.05, 0.1) is 18.4 Å². The van der Waals surface area contributed by atoms with Crippen molar-refractivity contribution in [1.29, 1.82) is 0 Å². The molecule has 7 heteroatoms. The summed E-state index contributed by atoms with van der Waals surface area (Å²) in [5.74, 6) is -1.89. The van der Waals surface area contributed by atoms with Gasteiger partial charge in [0, 0.05) is 22.3 Å². The molecular weight excluding hydrogens is 414 g/mol. The van der Waals surface area contributed by atoms with Crippen LogP contribution in [0.2, 0.25) is 5.02 Å². The quantitative estimate of drug-likeness (QED) is 0.719. The first-order chi connectivity index (χ1) is 14.8. The minimum atomic E-state index is -1.23. The van der Waals surface area contributed by atoms with E-state index in [9.17, 15) is 14.4 Å². The highest BCUT2D eigenvalue weighted by atomic mass is 35.5. The van der Waals surface area contributed by atoms with Crippen molar-refractivity contribution in [2.75, 3.05) is 5.32 Å².